The lowest BCUT2D eigenvalue weighted by Crippen LogP contribution is -2.36. The topological polar surface area (TPSA) is 93.1 Å². The Balaban J connectivity index is 2.06. The molecule has 0 spiro atoms. The van der Waals surface area contributed by atoms with Gasteiger partial charge in [0.2, 0.25) is 0 Å². The minimum atomic E-state index is -1.50. The van der Waals surface area contributed by atoms with Gasteiger partial charge in [-0.2, -0.15) is 0 Å². The van der Waals surface area contributed by atoms with Gasteiger partial charge < -0.3 is 19.7 Å². The summed E-state index contributed by atoms with van der Waals surface area (Å²) < 4.78 is 10.1. The zero-order valence-electron chi connectivity index (χ0n) is 9.80. The molecule has 6 nitrogen and oxygen atoms in total. The zero-order chi connectivity index (χ0) is 13.8. The number of carboxylic acid groups (broad SMARTS) is 2. The van der Waals surface area contributed by atoms with E-state index in [2.05, 4.69) is 0 Å². The van der Waals surface area contributed by atoms with Gasteiger partial charge in [0.25, 0.3) is 0 Å². The lowest BCUT2D eigenvalue weighted by Gasteiger charge is -2.06. The van der Waals surface area contributed by atoms with Crippen molar-refractivity contribution in [2.45, 2.75) is 18.5 Å². The van der Waals surface area contributed by atoms with E-state index >= 15 is 0 Å². The fourth-order valence-corrected chi connectivity index (χ4v) is 1.68. The molecule has 0 aliphatic carbocycles. The molecule has 1 saturated heterocycles. The predicted octanol–water partition coefficient (Wildman–Crippen LogP) is 0.979. The normalized spacial score (nSPS) is 23.8. The summed E-state index contributed by atoms with van der Waals surface area (Å²) in [7, 11) is 0. The summed E-state index contributed by atoms with van der Waals surface area (Å²) >= 11 is 0. The van der Waals surface area contributed by atoms with Crippen molar-refractivity contribution in [3.8, 4) is 0 Å². The maximum absolute atomic E-state index is 10.8. The number of rotatable bonds is 4. The summed E-state index contributed by atoms with van der Waals surface area (Å²) in [5.41, 5.74) is 0.875. The minimum absolute atomic E-state index is 0.875. The second-order valence-corrected chi connectivity index (χ2v) is 3.93. The molecule has 0 amide bonds. The fraction of sp³-hybridized carbons (Fsp3) is 0.231. The number of hydrogen-bond donors (Lipinski definition) is 2. The summed E-state index contributed by atoms with van der Waals surface area (Å²) in [6, 6.07) is 9.23. The number of hydrogen-bond acceptors (Lipinski definition) is 4. The van der Waals surface area contributed by atoms with Crippen LogP contribution in [0.15, 0.2) is 36.4 Å². The Morgan fingerprint density at radius 3 is 2.00 bits per heavy atom. The van der Waals surface area contributed by atoms with Crippen molar-refractivity contribution in [3.63, 3.8) is 0 Å². The van der Waals surface area contributed by atoms with Gasteiger partial charge in [-0.3, -0.25) is 0 Å². The summed E-state index contributed by atoms with van der Waals surface area (Å²) in [6.07, 6.45) is -0.824. The Morgan fingerprint density at radius 1 is 1.00 bits per heavy atom. The highest BCUT2D eigenvalue weighted by molar-refractivity contribution is 5.84. The SMILES string of the molecule is O=C(O)[C@@H]1OC(C=Cc2ccccc2)O[C@H]1C(=O)O. The van der Waals surface area contributed by atoms with Crippen LogP contribution >= 0.6 is 0 Å². The molecular weight excluding hydrogens is 252 g/mol. The molecule has 2 rings (SSSR count). The van der Waals surface area contributed by atoms with Crippen molar-refractivity contribution in [2.75, 3.05) is 0 Å². The molecule has 1 aliphatic heterocycles. The van der Waals surface area contributed by atoms with Crippen molar-refractivity contribution in [1.82, 2.24) is 0 Å². The molecule has 1 aromatic rings. The van der Waals surface area contributed by atoms with Crippen LogP contribution in [0.5, 0.6) is 0 Å². The fourth-order valence-electron chi connectivity index (χ4n) is 1.68. The summed E-state index contributed by atoms with van der Waals surface area (Å²) in [6.45, 7) is 0. The van der Waals surface area contributed by atoms with Crippen molar-refractivity contribution in [3.05, 3.63) is 42.0 Å². The van der Waals surface area contributed by atoms with Gasteiger partial charge in [-0.05, 0) is 11.6 Å². The van der Waals surface area contributed by atoms with Gasteiger partial charge in [-0.1, -0.05) is 36.4 Å². The molecule has 0 saturated carbocycles. The summed E-state index contributed by atoms with van der Waals surface area (Å²) in [4.78, 5) is 21.7. The van der Waals surface area contributed by atoms with Gasteiger partial charge in [0, 0.05) is 0 Å². The van der Waals surface area contributed by atoms with E-state index in [4.69, 9.17) is 19.7 Å². The molecule has 0 bridgehead atoms. The predicted molar refractivity (Wildman–Crippen MR) is 64.3 cm³/mol. The monoisotopic (exact) mass is 264 g/mol. The van der Waals surface area contributed by atoms with Crippen LogP contribution in [-0.2, 0) is 19.1 Å². The van der Waals surface area contributed by atoms with Gasteiger partial charge in [0.15, 0.2) is 18.5 Å². The minimum Gasteiger partial charge on any atom is -0.479 e. The lowest BCUT2D eigenvalue weighted by atomic mass is 10.2. The molecule has 1 aliphatic rings. The Labute approximate surface area is 108 Å². The quantitative estimate of drug-likeness (QED) is 0.842. The van der Waals surface area contributed by atoms with Gasteiger partial charge in [-0.25, -0.2) is 9.59 Å². The van der Waals surface area contributed by atoms with E-state index in [0.717, 1.165) is 5.56 Å². The first-order chi connectivity index (χ1) is 9.08. The highest BCUT2D eigenvalue weighted by Crippen LogP contribution is 2.21. The first-order valence-corrected chi connectivity index (χ1v) is 5.57. The average molecular weight is 264 g/mol. The van der Waals surface area contributed by atoms with Crippen LogP contribution in [0.1, 0.15) is 5.56 Å². The number of ether oxygens (including phenoxy) is 2. The molecule has 1 fully saturated rings. The number of benzene rings is 1. The molecule has 1 aromatic carbocycles. The number of aliphatic carboxylic acids is 2. The Hall–Kier alpha value is -2.18. The molecule has 19 heavy (non-hydrogen) atoms. The van der Waals surface area contributed by atoms with Gasteiger partial charge >= 0.3 is 11.9 Å². The number of carboxylic acids is 2. The molecule has 6 heteroatoms. The number of carbonyl (C=O) groups is 2. The highest BCUT2D eigenvalue weighted by Gasteiger charge is 2.44. The Bertz CT molecular complexity index is 473. The van der Waals surface area contributed by atoms with Crippen LogP contribution in [0.2, 0.25) is 0 Å². The van der Waals surface area contributed by atoms with E-state index in [1.807, 2.05) is 30.3 Å². The molecule has 0 radical (unpaired) electrons. The van der Waals surface area contributed by atoms with Gasteiger partial charge in [-0.15, -0.1) is 0 Å². The first-order valence-electron chi connectivity index (χ1n) is 5.57. The van der Waals surface area contributed by atoms with E-state index in [1.54, 1.807) is 6.08 Å². The van der Waals surface area contributed by atoms with Crippen LogP contribution in [0.4, 0.5) is 0 Å². The standard InChI is InChI=1S/C13H12O6/c14-12(15)10-11(13(16)17)19-9(18-10)7-6-8-4-2-1-3-5-8/h1-7,9-11H,(H,14,15)(H,16,17)/t10-,11-/m1/s1. The van der Waals surface area contributed by atoms with E-state index in [-0.39, 0.29) is 0 Å². The molecular formula is C13H12O6. The third-order valence-electron chi connectivity index (χ3n) is 2.57. The molecule has 100 valence electrons. The van der Waals surface area contributed by atoms with Crippen molar-refractivity contribution in [1.29, 1.82) is 0 Å². The Morgan fingerprint density at radius 2 is 1.53 bits per heavy atom. The third-order valence-corrected chi connectivity index (χ3v) is 2.57. The highest BCUT2D eigenvalue weighted by atomic mass is 16.7. The van der Waals surface area contributed by atoms with E-state index in [1.165, 1.54) is 6.08 Å². The smallest absolute Gasteiger partial charge is 0.336 e. The molecule has 2 atom stereocenters. The lowest BCUT2D eigenvalue weighted by molar-refractivity contribution is -0.156. The van der Waals surface area contributed by atoms with Crippen LogP contribution < -0.4 is 0 Å². The van der Waals surface area contributed by atoms with Crippen molar-refractivity contribution < 1.29 is 29.3 Å². The van der Waals surface area contributed by atoms with Crippen molar-refractivity contribution in [2.24, 2.45) is 0 Å². The summed E-state index contributed by atoms with van der Waals surface area (Å²) in [5, 5.41) is 17.7. The molecule has 0 aromatic heterocycles. The molecule has 1 heterocycles. The van der Waals surface area contributed by atoms with Crippen molar-refractivity contribution >= 4 is 18.0 Å². The maximum Gasteiger partial charge on any atom is 0.336 e. The van der Waals surface area contributed by atoms with Crippen LogP contribution in [0, 0.1) is 0 Å². The van der Waals surface area contributed by atoms with E-state index < -0.39 is 30.4 Å². The third kappa shape index (κ3) is 3.18. The van der Waals surface area contributed by atoms with E-state index in [0.29, 0.717) is 0 Å². The first kappa shape index (κ1) is 13.3. The van der Waals surface area contributed by atoms with Crippen LogP contribution in [-0.4, -0.2) is 40.6 Å². The summed E-state index contributed by atoms with van der Waals surface area (Å²) in [5.74, 6) is -2.72. The van der Waals surface area contributed by atoms with Gasteiger partial charge in [0.05, 0.1) is 0 Å². The van der Waals surface area contributed by atoms with Crippen LogP contribution in [0.25, 0.3) is 6.08 Å². The maximum atomic E-state index is 10.8. The molecule has 2 N–H and O–H groups in total. The second-order valence-electron chi connectivity index (χ2n) is 3.93. The Kier molecular flexibility index (Phi) is 3.94. The van der Waals surface area contributed by atoms with E-state index in [9.17, 15) is 9.59 Å². The second kappa shape index (κ2) is 5.64. The zero-order valence-corrected chi connectivity index (χ0v) is 9.80. The van der Waals surface area contributed by atoms with Gasteiger partial charge in [0.1, 0.15) is 0 Å². The molecule has 0 unspecified atom stereocenters. The average Bonchev–Trinajstić information content (AvgIpc) is 2.82. The largest absolute Gasteiger partial charge is 0.479 e. The van der Waals surface area contributed by atoms with Crippen LogP contribution in [0.3, 0.4) is 0 Å².